The summed E-state index contributed by atoms with van der Waals surface area (Å²) in [5.41, 5.74) is 0.432. The molecule has 0 radical (unpaired) electrons. The highest BCUT2D eigenvalue weighted by molar-refractivity contribution is 5.65. The Labute approximate surface area is 95.7 Å². The number of aliphatic imine (C=N–C) groups is 1. The molecule has 1 heteroatoms. The topological polar surface area (TPSA) is 12.4 Å². The van der Waals surface area contributed by atoms with Gasteiger partial charge in [-0.3, -0.25) is 4.99 Å². The van der Waals surface area contributed by atoms with Gasteiger partial charge < -0.3 is 0 Å². The summed E-state index contributed by atoms with van der Waals surface area (Å²) in [4.78, 5) is 4.19. The van der Waals surface area contributed by atoms with Gasteiger partial charge in [0.25, 0.3) is 0 Å². The van der Waals surface area contributed by atoms with Crippen LogP contribution >= 0.6 is 0 Å². The number of rotatable bonds is 0. The van der Waals surface area contributed by atoms with Crippen LogP contribution in [0.4, 0.5) is 0 Å². The summed E-state index contributed by atoms with van der Waals surface area (Å²) >= 11 is 0. The van der Waals surface area contributed by atoms with E-state index in [9.17, 15) is 0 Å². The van der Waals surface area contributed by atoms with Crippen molar-refractivity contribution >= 4 is 6.21 Å². The van der Waals surface area contributed by atoms with Crippen molar-refractivity contribution in [2.75, 3.05) is 0 Å². The van der Waals surface area contributed by atoms with E-state index in [-0.39, 0.29) is 0 Å². The Kier molecular flexibility index (Phi) is 6.55. The Morgan fingerprint density at radius 2 is 1.80 bits per heavy atom. The highest BCUT2D eigenvalue weighted by atomic mass is 14.7. The fourth-order valence-electron chi connectivity index (χ4n) is 2.48. The number of hydrogen-bond acceptors (Lipinski definition) is 1. The summed E-state index contributed by atoms with van der Waals surface area (Å²) in [5.74, 6) is 1.58. The normalized spacial score (nSPS) is 35.9. The van der Waals surface area contributed by atoms with E-state index >= 15 is 0 Å². The van der Waals surface area contributed by atoms with E-state index in [2.05, 4.69) is 31.1 Å². The van der Waals surface area contributed by atoms with Gasteiger partial charge in [-0.2, -0.15) is 0 Å². The van der Waals surface area contributed by atoms with Crippen LogP contribution < -0.4 is 0 Å². The Morgan fingerprint density at radius 1 is 1.20 bits per heavy atom. The van der Waals surface area contributed by atoms with Crippen LogP contribution in [-0.2, 0) is 0 Å². The van der Waals surface area contributed by atoms with Crippen LogP contribution in [0.15, 0.2) is 17.3 Å². The number of fused-ring (bicyclic) bond motifs is 1. The summed E-state index contributed by atoms with van der Waals surface area (Å²) < 4.78 is 0. The molecule has 3 atom stereocenters. The first-order chi connectivity index (χ1) is 7.21. The quantitative estimate of drug-likeness (QED) is 0.549. The van der Waals surface area contributed by atoms with Crippen LogP contribution in [0, 0.1) is 17.3 Å². The first kappa shape index (κ1) is 14.4. The molecule has 0 N–H and O–H groups in total. The third kappa shape index (κ3) is 3.48. The van der Waals surface area contributed by atoms with E-state index < -0.39 is 0 Å². The fourth-order valence-corrected chi connectivity index (χ4v) is 2.48. The van der Waals surface area contributed by atoms with Crippen LogP contribution in [0.1, 0.15) is 54.4 Å². The Morgan fingerprint density at radius 3 is 2.33 bits per heavy atom. The van der Waals surface area contributed by atoms with Crippen LogP contribution in [-0.4, -0.2) is 6.21 Å². The zero-order chi connectivity index (χ0) is 11.9. The molecule has 88 valence electrons. The highest BCUT2D eigenvalue weighted by Gasteiger charge is 2.40. The zero-order valence-electron chi connectivity index (χ0n) is 11.2. The molecule has 1 saturated carbocycles. The first-order valence-corrected chi connectivity index (χ1v) is 6.42. The van der Waals surface area contributed by atoms with Crippen LogP contribution in [0.5, 0.6) is 0 Å². The molecule has 0 aromatic carbocycles. The lowest BCUT2D eigenvalue weighted by Gasteiger charge is -2.26. The third-order valence-corrected chi connectivity index (χ3v) is 3.10. The van der Waals surface area contributed by atoms with E-state index in [1.807, 2.05) is 33.9 Å². The molecule has 0 saturated heterocycles. The highest BCUT2D eigenvalue weighted by Crippen LogP contribution is 2.47. The van der Waals surface area contributed by atoms with Crippen LogP contribution in [0.3, 0.4) is 0 Å². The summed E-state index contributed by atoms with van der Waals surface area (Å²) in [5, 5.41) is 0. The van der Waals surface area contributed by atoms with Crippen molar-refractivity contribution in [1.82, 2.24) is 0 Å². The van der Waals surface area contributed by atoms with Crippen LogP contribution in [0.2, 0.25) is 0 Å². The molecule has 1 heterocycles. The summed E-state index contributed by atoms with van der Waals surface area (Å²) in [6, 6.07) is 0. The van der Waals surface area contributed by atoms with Gasteiger partial charge in [-0.25, -0.2) is 0 Å². The van der Waals surface area contributed by atoms with E-state index in [0.717, 1.165) is 5.92 Å². The fraction of sp³-hybridized carbons (Fsp3) is 0.786. The molecule has 0 spiro atoms. The van der Waals surface area contributed by atoms with Gasteiger partial charge in [0.1, 0.15) is 0 Å². The van der Waals surface area contributed by atoms with E-state index in [1.165, 1.54) is 12.8 Å². The first-order valence-electron chi connectivity index (χ1n) is 6.42. The Balaban J connectivity index is 0.000000442. The van der Waals surface area contributed by atoms with Crippen molar-refractivity contribution in [2.45, 2.75) is 54.4 Å². The lowest BCUT2D eigenvalue weighted by molar-refractivity contribution is 0.377. The van der Waals surface area contributed by atoms with Gasteiger partial charge in [0.15, 0.2) is 0 Å². The molecule has 1 aliphatic heterocycles. The van der Waals surface area contributed by atoms with Crippen molar-refractivity contribution in [3.63, 3.8) is 0 Å². The Hall–Kier alpha value is -0.590. The molecule has 3 unspecified atom stereocenters. The third-order valence-electron chi connectivity index (χ3n) is 3.10. The van der Waals surface area contributed by atoms with Gasteiger partial charge in [0.05, 0.1) is 0 Å². The van der Waals surface area contributed by atoms with Crippen molar-refractivity contribution in [3.05, 3.63) is 12.3 Å². The molecule has 0 amide bonds. The molecule has 0 aromatic rings. The van der Waals surface area contributed by atoms with E-state index in [4.69, 9.17) is 0 Å². The second-order valence-electron chi connectivity index (χ2n) is 4.27. The molecular formula is C14H27N. The second kappa shape index (κ2) is 6.81. The minimum atomic E-state index is 0.432. The maximum Gasteiger partial charge on any atom is 0.0229 e. The Bertz CT molecular complexity index is 217. The molecule has 0 aromatic heterocycles. The van der Waals surface area contributed by atoms with E-state index in [0.29, 0.717) is 11.3 Å². The largest absolute Gasteiger partial charge is 0.269 e. The van der Waals surface area contributed by atoms with Crippen LogP contribution in [0.25, 0.3) is 0 Å². The maximum atomic E-state index is 4.19. The SMILES string of the molecule is CC.CC.CC1CC2C=NC=CC2(C)C1. The van der Waals surface area contributed by atoms with Gasteiger partial charge in [0, 0.05) is 18.3 Å². The molecule has 0 bridgehead atoms. The minimum absolute atomic E-state index is 0.432. The van der Waals surface area contributed by atoms with Gasteiger partial charge in [-0.15, -0.1) is 0 Å². The van der Waals surface area contributed by atoms with Crippen molar-refractivity contribution in [2.24, 2.45) is 22.2 Å². The molecule has 1 aliphatic carbocycles. The van der Waals surface area contributed by atoms with Crippen molar-refractivity contribution in [3.8, 4) is 0 Å². The van der Waals surface area contributed by atoms with Gasteiger partial charge in [-0.1, -0.05) is 47.6 Å². The minimum Gasteiger partial charge on any atom is -0.269 e. The van der Waals surface area contributed by atoms with Crippen molar-refractivity contribution in [1.29, 1.82) is 0 Å². The summed E-state index contributed by atoms with van der Waals surface area (Å²) in [6.07, 6.45) is 9.02. The number of nitrogens with zero attached hydrogens (tertiary/aromatic N) is 1. The van der Waals surface area contributed by atoms with Gasteiger partial charge in [-0.05, 0) is 24.2 Å². The lowest BCUT2D eigenvalue weighted by Crippen LogP contribution is -2.21. The predicted molar refractivity (Wildman–Crippen MR) is 70.3 cm³/mol. The average Bonchev–Trinajstić information content (AvgIpc) is 2.58. The molecular weight excluding hydrogens is 182 g/mol. The number of hydrogen-bond donors (Lipinski definition) is 0. The lowest BCUT2D eigenvalue weighted by atomic mass is 9.79. The molecule has 2 aliphatic rings. The maximum absolute atomic E-state index is 4.19. The standard InChI is InChI=1S/C10H15N.2C2H6/c1-8-5-9-7-11-4-3-10(9,2)6-8;2*1-2/h3-4,7-9H,5-6H2,1-2H3;2*1-2H3. The average molecular weight is 209 g/mol. The zero-order valence-corrected chi connectivity index (χ0v) is 11.2. The monoisotopic (exact) mass is 209 g/mol. The van der Waals surface area contributed by atoms with Gasteiger partial charge in [0.2, 0.25) is 0 Å². The smallest absolute Gasteiger partial charge is 0.0229 e. The molecule has 1 nitrogen and oxygen atoms in total. The van der Waals surface area contributed by atoms with E-state index in [1.54, 1.807) is 0 Å². The second-order valence-corrected chi connectivity index (χ2v) is 4.27. The number of allylic oxidation sites excluding steroid dienone is 1. The summed E-state index contributed by atoms with van der Waals surface area (Å²) in [6.45, 7) is 12.7. The van der Waals surface area contributed by atoms with Gasteiger partial charge >= 0.3 is 0 Å². The molecule has 1 fully saturated rings. The molecule has 15 heavy (non-hydrogen) atoms. The predicted octanol–water partition coefficient (Wildman–Crippen LogP) is 4.69. The summed E-state index contributed by atoms with van der Waals surface area (Å²) in [7, 11) is 0. The molecule has 2 rings (SSSR count). The van der Waals surface area contributed by atoms with Crippen molar-refractivity contribution < 1.29 is 0 Å².